The van der Waals surface area contributed by atoms with Gasteiger partial charge >= 0.3 is 0 Å². The van der Waals surface area contributed by atoms with E-state index in [1.165, 1.54) is 0 Å². The summed E-state index contributed by atoms with van der Waals surface area (Å²) < 4.78 is 7.87. The van der Waals surface area contributed by atoms with E-state index in [0.717, 1.165) is 36.3 Å². The summed E-state index contributed by atoms with van der Waals surface area (Å²) in [5.74, 6) is 1.03. The Hall–Kier alpha value is -2.18. The minimum Gasteiger partial charge on any atom is -0.377 e. The first kappa shape index (κ1) is 19.6. The van der Waals surface area contributed by atoms with Crippen molar-refractivity contribution < 1.29 is 9.53 Å². The van der Waals surface area contributed by atoms with E-state index in [1.807, 2.05) is 42.0 Å². The first-order valence-corrected chi connectivity index (χ1v) is 9.82. The first-order valence-electron chi connectivity index (χ1n) is 9.82. The minimum atomic E-state index is -0.0143. The Kier molecular flexibility index (Phi) is 6.63. The molecule has 1 aromatic heterocycles. The molecule has 0 unspecified atom stereocenters. The van der Waals surface area contributed by atoms with Crippen molar-refractivity contribution >= 4 is 5.91 Å². The number of nitrogens with zero attached hydrogens (tertiary/aromatic N) is 2. The first-order chi connectivity index (χ1) is 13.1. The topological polar surface area (TPSA) is 82.2 Å². The Morgan fingerprint density at radius 1 is 1.33 bits per heavy atom. The molecule has 146 valence electrons. The maximum atomic E-state index is 12.6. The summed E-state index contributed by atoms with van der Waals surface area (Å²) >= 11 is 0. The van der Waals surface area contributed by atoms with Crippen LogP contribution in [0.3, 0.4) is 0 Å². The number of amides is 1. The molecule has 1 aromatic carbocycles. The highest BCUT2D eigenvalue weighted by atomic mass is 16.5. The van der Waals surface area contributed by atoms with Crippen LogP contribution in [0.15, 0.2) is 36.7 Å². The molecule has 0 bridgehead atoms. The van der Waals surface area contributed by atoms with Crippen LogP contribution in [-0.2, 0) is 16.1 Å². The van der Waals surface area contributed by atoms with Crippen LogP contribution in [0.4, 0.5) is 0 Å². The van der Waals surface area contributed by atoms with Crippen molar-refractivity contribution in [2.75, 3.05) is 6.61 Å². The number of ether oxygens (including phenoxy) is 1. The van der Waals surface area contributed by atoms with E-state index in [-0.39, 0.29) is 24.0 Å². The van der Waals surface area contributed by atoms with Crippen LogP contribution in [0.1, 0.15) is 44.0 Å². The number of aromatic nitrogens is 2. The number of hydrogen-bond acceptors (Lipinski definition) is 4. The molecule has 0 spiro atoms. The maximum Gasteiger partial charge on any atom is 0.223 e. The van der Waals surface area contributed by atoms with E-state index in [4.69, 9.17) is 10.5 Å². The fraction of sp³-hybridized carbons (Fsp3) is 0.524. The molecule has 3 atom stereocenters. The molecule has 1 aliphatic rings. The lowest BCUT2D eigenvalue weighted by Gasteiger charge is -2.33. The predicted octanol–water partition coefficient (Wildman–Crippen LogP) is 2.72. The molecule has 0 radical (unpaired) electrons. The van der Waals surface area contributed by atoms with Crippen molar-refractivity contribution in [3.8, 4) is 5.69 Å². The summed E-state index contributed by atoms with van der Waals surface area (Å²) in [6.45, 7) is 5.29. The second-order valence-electron chi connectivity index (χ2n) is 7.31. The molecule has 1 aliphatic carbocycles. The Bertz CT molecular complexity index is 741. The van der Waals surface area contributed by atoms with E-state index < -0.39 is 0 Å². The van der Waals surface area contributed by atoms with Crippen molar-refractivity contribution in [3.63, 3.8) is 0 Å². The van der Waals surface area contributed by atoms with Crippen LogP contribution in [0.2, 0.25) is 0 Å². The predicted molar refractivity (Wildman–Crippen MR) is 105 cm³/mol. The van der Waals surface area contributed by atoms with E-state index in [2.05, 4.69) is 17.2 Å². The molecule has 0 aliphatic heterocycles. The van der Waals surface area contributed by atoms with Gasteiger partial charge in [0.1, 0.15) is 5.82 Å². The number of benzene rings is 1. The summed E-state index contributed by atoms with van der Waals surface area (Å²) in [7, 11) is 0. The molecule has 1 fully saturated rings. The molecule has 1 saturated carbocycles. The monoisotopic (exact) mass is 370 g/mol. The molecular formula is C21H30N4O2. The number of carbonyl (C=O) groups is 1. The summed E-state index contributed by atoms with van der Waals surface area (Å²) in [5.41, 5.74) is 8.30. The van der Waals surface area contributed by atoms with Gasteiger partial charge in [-0.25, -0.2) is 4.98 Å². The van der Waals surface area contributed by atoms with Crippen LogP contribution >= 0.6 is 0 Å². The minimum absolute atomic E-state index is 0.00727. The van der Waals surface area contributed by atoms with Crippen LogP contribution in [0, 0.1) is 12.8 Å². The van der Waals surface area contributed by atoms with Gasteiger partial charge in [0.2, 0.25) is 5.91 Å². The lowest BCUT2D eigenvalue weighted by molar-refractivity contribution is -0.128. The molecule has 3 N–H and O–H groups in total. The number of nitrogens with two attached hydrogens (primary N) is 1. The van der Waals surface area contributed by atoms with Gasteiger partial charge < -0.3 is 20.4 Å². The van der Waals surface area contributed by atoms with E-state index in [9.17, 15) is 4.79 Å². The summed E-state index contributed by atoms with van der Waals surface area (Å²) in [5, 5.41) is 3.07. The number of imidazole rings is 1. The molecule has 2 aromatic rings. The van der Waals surface area contributed by atoms with Crippen molar-refractivity contribution in [2.45, 2.75) is 58.2 Å². The number of rotatable bonds is 7. The molecule has 27 heavy (non-hydrogen) atoms. The van der Waals surface area contributed by atoms with Crippen LogP contribution in [0.25, 0.3) is 5.69 Å². The highest BCUT2D eigenvalue weighted by Gasteiger charge is 2.32. The van der Waals surface area contributed by atoms with Gasteiger partial charge in [-0.3, -0.25) is 4.79 Å². The van der Waals surface area contributed by atoms with E-state index in [0.29, 0.717) is 19.6 Å². The average molecular weight is 370 g/mol. The molecular weight excluding hydrogens is 340 g/mol. The lowest BCUT2D eigenvalue weighted by Crippen LogP contribution is -2.45. The van der Waals surface area contributed by atoms with Crippen molar-refractivity contribution in [2.24, 2.45) is 11.7 Å². The second kappa shape index (κ2) is 9.15. The largest absolute Gasteiger partial charge is 0.377 e. The van der Waals surface area contributed by atoms with Gasteiger partial charge in [0.15, 0.2) is 0 Å². The number of carbonyl (C=O) groups excluding carboxylic acids is 1. The highest BCUT2D eigenvalue weighted by molar-refractivity contribution is 5.78. The van der Waals surface area contributed by atoms with Gasteiger partial charge in [-0.2, -0.15) is 0 Å². The third kappa shape index (κ3) is 4.96. The van der Waals surface area contributed by atoms with Gasteiger partial charge in [0.25, 0.3) is 0 Å². The van der Waals surface area contributed by atoms with Crippen LogP contribution in [0.5, 0.6) is 0 Å². The Morgan fingerprint density at radius 2 is 2.11 bits per heavy atom. The maximum absolute atomic E-state index is 12.6. The van der Waals surface area contributed by atoms with Crippen LogP contribution in [-0.4, -0.2) is 34.2 Å². The average Bonchev–Trinajstić information content (AvgIpc) is 3.11. The third-order valence-corrected chi connectivity index (χ3v) is 5.26. The van der Waals surface area contributed by atoms with Crippen molar-refractivity contribution in [3.05, 3.63) is 48.0 Å². The van der Waals surface area contributed by atoms with Gasteiger partial charge in [-0.05, 0) is 50.3 Å². The highest BCUT2D eigenvalue weighted by Crippen LogP contribution is 2.26. The van der Waals surface area contributed by atoms with E-state index >= 15 is 0 Å². The zero-order chi connectivity index (χ0) is 19.2. The quantitative estimate of drug-likeness (QED) is 0.785. The van der Waals surface area contributed by atoms with Crippen LogP contribution < -0.4 is 11.1 Å². The van der Waals surface area contributed by atoms with Crippen molar-refractivity contribution in [1.82, 2.24) is 14.9 Å². The summed E-state index contributed by atoms with van der Waals surface area (Å²) in [4.78, 5) is 16.8. The van der Waals surface area contributed by atoms with Gasteiger partial charge in [-0.1, -0.05) is 19.1 Å². The molecule has 6 heteroatoms. The van der Waals surface area contributed by atoms with Gasteiger partial charge in [0.05, 0.1) is 6.10 Å². The van der Waals surface area contributed by atoms with Gasteiger partial charge in [0, 0.05) is 43.2 Å². The van der Waals surface area contributed by atoms with E-state index in [1.54, 1.807) is 6.20 Å². The SMILES string of the molecule is CCCO[C@@H]1C[C@@H](C(=O)NCc2ccc(-n3ccnc3C)cc2)CC[C@H]1N. The van der Waals surface area contributed by atoms with Crippen molar-refractivity contribution in [1.29, 1.82) is 0 Å². The van der Waals surface area contributed by atoms with Gasteiger partial charge in [-0.15, -0.1) is 0 Å². The number of nitrogens with one attached hydrogen (secondary N) is 1. The fourth-order valence-corrected chi connectivity index (χ4v) is 3.61. The Balaban J connectivity index is 1.52. The molecule has 1 amide bonds. The Labute approximate surface area is 161 Å². The zero-order valence-electron chi connectivity index (χ0n) is 16.2. The second-order valence-corrected chi connectivity index (χ2v) is 7.31. The normalized spacial score (nSPS) is 22.6. The zero-order valence-corrected chi connectivity index (χ0v) is 16.2. The molecule has 3 rings (SSSR count). The lowest BCUT2D eigenvalue weighted by atomic mass is 9.83. The standard InChI is InChI=1S/C21H30N4O2/c1-3-12-27-20-13-17(6-9-19(20)22)21(26)24-14-16-4-7-18(8-5-16)25-11-10-23-15(25)2/h4-5,7-8,10-11,17,19-20H,3,6,9,12-14,22H2,1-2H3,(H,24,26)/t17-,19+,20+/m0/s1. The molecule has 0 saturated heterocycles. The fourth-order valence-electron chi connectivity index (χ4n) is 3.61. The number of aryl methyl sites for hydroxylation is 1. The summed E-state index contributed by atoms with van der Waals surface area (Å²) in [6, 6.07) is 8.21. The smallest absolute Gasteiger partial charge is 0.223 e. The molecule has 1 heterocycles. The Morgan fingerprint density at radius 3 is 2.78 bits per heavy atom. The third-order valence-electron chi connectivity index (χ3n) is 5.26. The number of hydrogen-bond donors (Lipinski definition) is 2. The molecule has 6 nitrogen and oxygen atoms in total. The summed E-state index contributed by atoms with van der Waals surface area (Å²) in [6.07, 6.45) is 7.07.